The molecule has 3 aromatic rings. The van der Waals surface area contributed by atoms with Crippen LogP contribution >= 0.6 is 0 Å². The number of aromatic nitrogens is 1. The van der Waals surface area contributed by atoms with Crippen molar-refractivity contribution in [3.63, 3.8) is 0 Å². The Labute approximate surface area is 177 Å². The lowest BCUT2D eigenvalue weighted by molar-refractivity contribution is 0.0434. The van der Waals surface area contributed by atoms with Gasteiger partial charge in [0.2, 0.25) is 0 Å². The molecule has 1 saturated heterocycles. The van der Waals surface area contributed by atoms with E-state index in [2.05, 4.69) is 39.0 Å². The lowest BCUT2D eigenvalue weighted by Crippen LogP contribution is -2.51. The Hall–Kier alpha value is -3.34. The van der Waals surface area contributed by atoms with Crippen LogP contribution < -0.4 is 10.6 Å². The molecular formula is C25H26N4O. The molecule has 0 saturated carbocycles. The maximum Gasteiger partial charge on any atom is 0.255 e. The molecule has 3 heterocycles. The van der Waals surface area contributed by atoms with Gasteiger partial charge in [-0.3, -0.25) is 4.79 Å². The van der Waals surface area contributed by atoms with E-state index in [1.165, 1.54) is 5.56 Å². The molecule has 2 aliphatic rings. The minimum Gasteiger partial charge on any atom is -0.398 e. The van der Waals surface area contributed by atoms with Crippen molar-refractivity contribution >= 4 is 17.4 Å². The van der Waals surface area contributed by atoms with E-state index in [0.717, 1.165) is 54.1 Å². The summed E-state index contributed by atoms with van der Waals surface area (Å²) in [5.74, 6) is 1.10. The Bertz CT molecular complexity index is 1090. The standard InChI is InChI=1S/C25H26N4O/c1-18-22(26)11-14-27-23(18)28-15-12-25(13-16-28)21-10-6-5-9-20(21)24(30)29(25)17-19-7-3-2-4-8-19/h2-11,14H,12-13,15-17H2,1H3,(H2,26,27). The predicted octanol–water partition coefficient (Wildman–Crippen LogP) is 4.12. The summed E-state index contributed by atoms with van der Waals surface area (Å²) in [7, 11) is 0. The minimum absolute atomic E-state index is 0.140. The van der Waals surface area contributed by atoms with Gasteiger partial charge in [-0.1, -0.05) is 48.5 Å². The average molecular weight is 399 g/mol. The van der Waals surface area contributed by atoms with Gasteiger partial charge in [-0.25, -0.2) is 4.98 Å². The first-order valence-corrected chi connectivity index (χ1v) is 10.5. The van der Waals surface area contributed by atoms with Crippen molar-refractivity contribution in [2.45, 2.75) is 31.8 Å². The Morgan fingerprint density at radius 3 is 2.47 bits per heavy atom. The zero-order chi connectivity index (χ0) is 20.7. The highest BCUT2D eigenvalue weighted by Gasteiger charge is 2.50. The molecule has 30 heavy (non-hydrogen) atoms. The van der Waals surface area contributed by atoms with Gasteiger partial charge < -0.3 is 15.5 Å². The van der Waals surface area contributed by atoms with Gasteiger partial charge in [0.25, 0.3) is 5.91 Å². The van der Waals surface area contributed by atoms with Gasteiger partial charge in [-0.15, -0.1) is 0 Å². The number of carbonyl (C=O) groups excluding carboxylic acids is 1. The van der Waals surface area contributed by atoms with E-state index in [0.29, 0.717) is 6.54 Å². The highest BCUT2D eigenvalue weighted by Crippen LogP contribution is 2.47. The van der Waals surface area contributed by atoms with Crippen LogP contribution in [0.25, 0.3) is 0 Å². The summed E-state index contributed by atoms with van der Waals surface area (Å²) in [4.78, 5) is 22.4. The average Bonchev–Trinajstić information content (AvgIpc) is 3.00. The monoisotopic (exact) mass is 398 g/mol. The second-order valence-electron chi connectivity index (χ2n) is 8.29. The number of pyridine rings is 1. The number of benzene rings is 2. The lowest BCUT2D eigenvalue weighted by atomic mass is 9.80. The Kier molecular flexibility index (Phi) is 4.46. The zero-order valence-corrected chi connectivity index (χ0v) is 17.2. The first-order chi connectivity index (χ1) is 14.6. The summed E-state index contributed by atoms with van der Waals surface area (Å²) in [6.07, 6.45) is 3.52. The second kappa shape index (κ2) is 7.17. The summed E-state index contributed by atoms with van der Waals surface area (Å²) in [6, 6.07) is 20.2. The molecule has 5 heteroatoms. The van der Waals surface area contributed by atoms with Crippen molar-refractivity contribution < 1.29 is 4.79 Å². The topological polar surface area (TPSA) is 62.5 Å². The fourth-order valence-corrected chi connectivity index (χ4v) is 5.04. The number of nitrogens with two attached hydrogens (primary N) is 1. The van der Waals surface area contributed by atoms with Gasteiger partial charge in [0, 0.05) is 42.6 Å². The molecule has 1 fully saturated rings. The predicted molar refractivity (Wildman–Crippen MR) is 119 cm³/mol. The number of hydrogen-bond donors (Lipinski definition) is 1. The molecule has 2 N–H and O–H groups in total. The molecule has 5 rings (SSSR count). The molecule has 1 aromatic heterocycles. The molecular weight excluding hydrogens is 372 g/mol. The van der Waals surface area contributed by atoms with Gasteiger partial charge in [0.15, 0.2) is 0 Å². The van der Waals surface area contributed by atoms with E-state index in [1.807, 2.05) is 43.3 Å². The van der Waals surface area contributed by atoms with Gasteiger partial charge in [-0.05, 0) is 43.0 Å². The second-order valence-corrected chi connectivity index (χ2v) is 8.29. The summed E-state index contributed by atoms with van der Waals surface area (Å²) < 4.78 is 0. The fourth-order valence-electron chi connectivity index (χ4n) is 5.04. The van der Waals surface area contributed by atoms with Crippen molar-refractivity contribution in [3.05, 3.63) is 89.1 Å². The number of nitrogens with zero attached hydrogens (tertiary/aromatic N) is 3. The number of carbonyl (C=O) groups is 1. The number of piperidine rings is 1. The van der Waals surface area contributed by atoms with Crippen molar-refractivity contribution in [2.24, 2.45) is 0 Å². The normalized spacial score (nSPS) is 17.4. The third-order valence-corrected chi connectivity index (χ3v) is 6.71. The third kappa shape index (κ3) is 2.84. The molecule has 0 aliphatic carbocycles. The molecule has 0 unspecified atom stereocenters. The summed E-state index contributed by atoms with van der Waals surface area (Å²) >= 11 is 0. The van der Waals surface area contributed by atoms with Crippen LogP contribution in [-0.4, -0.2) is 28.9 Å². The van der Waals surface area contributed by atoms with Crippen LogP contribution in [-0.2, 0) is 12.1 Å². The number of hydrogen-bond acceptors (Lipinski definition) is 4. The Morgan fingerprint density at radius 2 is 1.70 bits per heavy atom. The summed E-state index contributed by atoms with van der Waals surface area (Å²) in [5.41, 5.74) is 10.8. The SMILES string of the molecule is Cc1c(N)ccnc1N1CCC2(CC1)c1ccccc1C(=O)N2Cc1ccccc1. The number of amides is 1. The van der Waals surface area contributed by atoms with E-state index < -0.39 is 0 Å². The van der Waals surface area contributed by atoms with Crippen LogP contribution in [0.2, 0.25) is 0 Å². The zero-order valence-electron chi connectivity index (χ0n) is 17.2. The van der Waals surface area contributed by atoms with Crippen molar-refractivity contribution in [1.29, 1.82) is 0 Å². The van der Waals surface area contributed by atoms with Crippen molar-refractivity contribution in [2.75, 3.05) is 23.7 Å². The molecule has 152 valence electrons. The number of nitrogen functional groups attached to an aromatic ring is 1. The van der Waals surface area contributed by atoms with Crippen LogP contribution in [0, 0.1) is 6.92 Å². The van der Waals surface area contributed by atoms with E-state index in [4.69, 9.17) is 5.73 Å². The smallest absolute Gasteiger partial charge is 0.255 e. The van der Waals surface area contributed by atoms with Crippen LogP contribution in [0.1, 0.15) is 39.9 Å². The molecule has 2 aromatic carbocycles. The number of fused-ring (bicyclic) bond motifs is 2. The van der Waals surface area contributed by atoms with Crippen LogP contribution in [0.3, 0.4) is 0 Å². The maximum absolute atomic E-state index is 13.4. The highest BCUT2D eigenvalue weighted by molar-refractivity contribution is 6.00. The van der Waals surface area contributed by atoms with Gasteiger partial charge >= 0.3 is 0 Å². The molecule has 5 nitrogen and oxygen atoms in total. The molecule has 2 aliphatic heterocycles. The molecule has 0 radical (unpaired) electrons. The first kappa shape index (κ1) is 18.7. The van der Waals surface area contributed by atoms with E-state index >= 15 is 0 Å². The number of anilines is 2. The lowest BCUT2D eigenvalue weighted by Gasteiger charge is -2.46. The quantitative estimate of drug-likeness (QED) is 0.721. The Morgan fingerprint density at radius 1 is 1.00 bits per heavy atom. The molecule has 0 bridgehead atoms. The third-order valence-electron chi connectivity index (χ3n) is 6.71. The van der Waals surface area contributed by atoms with Gasteiger partial charge in [0.05, 0.1) is 5.54 Å². The van der Waals surface area contributed by atoms with E-state index in [1.54, 1.807) is 6.20 Å². The van der Waals surface area contributed by atoms with Crippen LogP contribution in [0.4, 0.5) is 11.5 Å². The molecule has 0 atom stereocenters. The van der Waals surface area contributed by atoms with E-state index in [-0.39, 0.29) is 11.4 Å². The molecule has 1 amide bonds. The Balaban J connectivity index is 1.49. The largest absolute Gasteiger partial charge is 0.398 e. The highest BCUT2D eigenvalue weighted by atomic mass is 16.2. The summed E-state index contributed by atoms with van der Waals surface area (Å²) in [5, 5.41) is 0. The van der Waals surface area contributed by atoms with Gasteiger partial charge in [-0.2, -0.15) is 0 Å². The fraction of sp³-hybridized carbons (Fsp3) is 0.280. The summed E-state index contributed by atoms with van der Waals surface area (Å²) in [6.45, 7) is 4.33. The molecule has 1 spiro atoms. The van der Waals surface area contributed by atoms with Crippen molar-refractivity contribution in [1.82, 2.24) is 9.88 Å². The van der Waals surface area contributed by atoms with Gasteiger partial charge in [0.1, 0.15) is 5.82 Å². The van der Waals surface area contributed by atoms with Crippen molar-refractivity contribution in [3.8, 4) is 0 Å². The first-order valence-electron chi connectivity index (χ1n) is 10.5. The van der Waals surface area contributed by atoms with E-state index in [9.17, 15) is 4.79 Å². The number of rotatable bonds is 3. The minimum atomic E-state index is -0.270. The maximum atomic E-state index is 13.4. The van der Waals surface area contributed by atoms with Crippen LogP contribution in [0.5, 0.6) is 0 Å². The van der Waals surface area contributed by atoms with Crippen LogP contribution in [0.15, 0.2) is 66.9 Å².